The van der Waals surface area contributed by atoms with Crippen LogP contribution in [0.1, 0.15) is 28.3 Å². The van der Waals surface area contributed by atoms with Gasteiger partial charge in [0, 0.05) is 12.2 Å². The molecule has 1 aromatic heterocycles. The van der Waals surface area contributed by atoms with Crippen molar-refractivity contribution in [2.24, 2.45) is 0 Å². The van der Waals surface area contributed by atoms with Crippen LogP contribution in [0.2, 0.25) is 0 Å². The van der Waals surface area contributed by atoms with Crippen molar-refractivity contribution < 1.29 is 14.6 Å². The molecule has 0 saturated carbocycles. The molecule has 1 aromatic carbocycles. The molecule has 1 unspecified atom stereocenters. The highest BCUT2D eigenvalue weighted by molar-refractivity contribution is 5.94. The summed E-state index contributed by atoms with van der Waals surface area (Å²) in [4.78, 5) is 15.7. The van der Waals surface area contributed by atoms with Crippen molar-refractivity contribution in [3.63, 3.8) is 0 Å². The van der Waals surface area contributed by atoms with Crippen molar-refractivity contribution in [1.29, 1.82) is 0 Å². The van der Waals surface area contributed by atoms with Crippen molar-refractivity contribution in [2.75, 3.05) is 6.61 Å². The summed E-state index contributed by atoms with van der Waals surface area (Å²) in [6.07, 6.45) is 3.00. The molecule has 0 spiro atoms. The summed E-state index contributed by atoms with van der Waals surface area (Å²) in [5, 5.41) is 9.24. The standard InChI is InChI=1S/C15H12N2O3/c18-15(19)10-5-12(9-1-2-9)14-13(6-10)17(8-16-14)7-11-3-4-20-11/h5-6,8-9,11H,3-4,7H2,(H,18,19). The zero-order chi connectivity index (χ0) is 13.7. The van der Waals surface area contributed by atoms with E-state index in [2.05, 4.69) is 16.8 Å². The van der Waals surface area contributed by atoms with Gasteiger partial charge in [-0.25, -0.2) is 9.78 Å². The van der Waals surface area contributed by atoms with Gasteiger partial charge in [0.15, 0.2) is 0 Å². The summed E-state index contributed by atoms with van der Waals surface area (Å²) in [7, 11) is 0. The molecule has 1 aliphatic carbocycles. The fraction of sp³-hybridized carbons (Fsp3) is 0.333. The molecule has 1 aliphatic heterocycles. The van der Waals surface area contributed by atoms with Crippen molar-refractivity contribution in [3.8, 4) is 11.8 Å². The van der Waals surface area contributed by atoms with Gasteiger partial charge in [-0.15, -0.1) is 0 Å². The second kappa shape index (κ2) is 4.09. The normalized spacial score (nSPS) is 20.3. The number of carboxylic acid groups (broad SMARTS) is 1. The van der Waals surface area contributed by atoms with E-state index in [9.17, 15) is 9.90 Å². The monoisotopic (exact) mass is 268 g/mol. The van der Waals surface area contributed by atoms with Crippen LogP contribution in [-0.2, 0) is 11.3 Å². The third-order valence-corrected chi connectivity index (χ3v) is 3.80. The molecule has 1 N–H and O–H groups in total. The highest BCUT2D eigenvalue weighted by Gasteiger charge is 2.24. The molecule has 4 rings (SSSR count). The van der Waals surface area contributed by atoms with Crippen molar-refractivity contribution >= 4 is 17.0 Å². The summed E-state index contributed by atoms with van der Waals surface area (Å²) in [5.74, 6) is 4.99. The lowest BCUT2D eigenvalue weighted by Crippen LogP contribution is -2.30. The van der Waals surface area contributed by atoms with Gasteiger partial charge in [-0.3, -0.25) is 0 Å². The van der Waals surface area contributed by atoms with Gasteiger partial charge in [0.25, 0.3) is 0 Å². The SMILES string of the molecule is O=C(O)c1cc(C2C#C2)c2ncn(CC3CCO3)c2c1. The summed E-state index contributed by atoms with van der Waals surface area (Å²) in [6.45, 7) is 1.52. The van der Waals surface area contributed by atoms with E-state index < -0.39 is 5.97 Å². The smallest absolute Gasteiger partial charge is 0.335 e. The van der Waals surface area contributed by atoms with Crippen molar-refractivity contribution in [3.05, 3.63) is 29.6 Å². The van der Waals surface area contributed by atoms with Crippen molar-refractivity contribution in [2.45, 2.75) is 25.0 Å². The second-order valence-electron chi connectivity index (χ2n) is 5.14. The molecular weight excluding hydrogens is 256 g/mol. The van der Waals surface area contributed by atoms with E-state index in [4.69, 9.17) is 4.74 Å². The van der Waals surface area contributed by atoms with E-state index in [1.165, 1.54) is 0 Å². The van der Waals surface area contributed by atoms with Crippen molar-refractivity contribution in [1.82, 2.24) is 9.55 Å². The van der Waals surface area contributed by atoms with Crippen LogP contribution in [0.15, 0.2) is 18.5 Å². The number of imidazole rings is 1. The molecule has 0 radical (unpaired) electrons. The van der Waals surface area contributed by atoms with Crippen LogP contribution in [-0.4, -0.2) is 33.3 Å². The number of hydrogen-bond donors (Lipinski definition) is 1. The van der Waals surface area contributed by atoms with Crippen LogP contribution in [0.5, 0.6) is 0 Å². The Morgan fingerprint density at radius 1 is 1.50 bits per heavy atom. The summed E-state index contributed by atoms with van der Waals surface area (Å²) < 4.78 is 7.40. The van der Waals surface area contributed by atoms with E-state index in [1.54, 1.807) is 18.5 Å². The Bertz CT molecular complexity index is 769. The zero-order valence-electron chi connectivity index (χ0n) is 10.7. The molecule has 1 fully saturated rings. The number of benzene rings is 1. The van der Waals surface area contributed by atoms with Gasteiger partial charge in [-0.1, -0.05) is 11.8 Å². The minimum atomic E-state index is -0.929. The average molecular weight is 268 g/mol. The maximum Gasteiger partial charge on any atom is 0.335 e. The van der Waals surface area contributed by atoms with E-state index in [0.717, 1.165) is 29.6 Å². The van der Waals surface area contributed by atoms with E-state index in [0.29, 0.717) is 6.54 Å². The highest BCUT2D eigenvalue weighted by Crippen LogP contribution is 2.31. The Hall–Kier alpha value is -2.32. The van der Waals surface area contributed by atoms with Crippen LogP contribution >= 0.6 is 0 Å². The Labute approximate surface area is 115 Å². The highest BCUT2D eigenvalue weighted by atomic mass is 16.5. The van der Waals surface area contributed by atoms with Gasteiger partial charge < -0.3 is 14.4 Å². The maximum absolute atomic E-state index is 11.3. The summed E-state index contributed by atoms with van der Waals surface area (Å²) >= 11 is 0. The lowest BCUT2D eigenvalue weighted by atomic mass is 10.0. The van der Waals surface area contributed by atoms with Gasteiger partial charge in [-0.2, -0.15) is 0 Å². The molecule has 20 heavy (non-hydrogen) atoms. The predicted octanol–water partition coefficient (Wildman–Crippen LogP) is 1.62. The first-order chi connectivity index (χ1) is 9.72. The van der Waals surface area contributed by atoms with E-state index in [-0.39, 0.29) is 17.6 Å². The van der Waals surface area contributed by atoms with Gasteiger partial charge in [0.05, 0.1) is 35.6 Å². The number of rotatable bonds is 4. The third kappa shape index (κ3) is 1.77. The first-order valence-corrected chi connectivity index (χ1v) is 6.57. The molecule has 2 aromatic rings. The number of ether oxygens (including phenoxy) is 1. The first kappa shape index (κ1) is 11.5. The van der Waals surface area contributed by atoms with Gasteiger partial charge in [0.1, 0.15) is 5.92 Å². The summed E-state index contributed by atoms with van der Waals surface area (Å²) in [5.41, 5.74) is 2.81. The Morgan fingerprint density at radius 3 is 2.90 bits per heavy atom. The van der Waals surface area contributed by atoms with Crippen LogP contribution in [0.4, 0.5) is 0 Å². The van der Waals surface area contributed by atoms with Crippen LogP contribution in [0.25, 0.3) is 11.0 Å². The van der Waals surface area contributed by atoms with Gasteiger partial charge >= 0.3 is 5.97 Å². The molecule has 1 atom stereocenters. The minimum Gasteiger partial charge on any atom is -0.478 e. The lowest BCUT2D eigenvalue weighted by molar-refractivity contribution is -0.0586. The topological polar surface area (TPSA) is 64.3 Å². The molecule has 100 valence electrons. The molecule has 2 aliphatic rings. The molecule has 0 amide bonds. The van der Waals surface area contributed by atoms with Gasteiger partial charge in [-0.05, 0) is 18.6 Å². The molecule has 1 saturated heterocycles. The number of hydrogen-bond acceptors (Lipinski definition) is 3. The zero-order valence-corrected chi connectivity index (χ0v) is 10.7. The fourth-order valence-electron chi connectivity index (χ4n) is 2.52. The summed E-state index contributed by atoms with van der Waals surface area (Å²) in [6, 6.07) is 3.34. The number of aromatic carboxylic acids is 1. The predicted molar refractivity (Wildman–Crippen MR) is 71.6 cm³/mol. The van der Waals surface area contributed by atoms with Crippen LogP contribution < -0.4 is 0 Å². The lowest BCUT2D eigenvalue weighted by Gasteiger charge is -2.26. The van der Waals surface area contributed by atoms with Crippen LogP contribution in [0, 0.1) is 11.8 Å². The number of carboxylic acids is 1. The molecule has 5 heteroatoms. The Morgan fingerprint density at radius 2 is 2.30 bits per heavy atom. The Kier molecular flexibility index (Phi) is 2.35. The first-order valence-electron chi connectivity index (χ1n) is 6.57. The van der Waals surface area contributed by atoms with E-state index in [1.807, 2.05) is 4.57 Å². The largest absolute Gasteiger partial charge is 0.478 e. The number of carbonyl (C=O) groups is 1. The van der Waals surface area contributed by atoms with Crippen LogP contribution in [0.3, 0.4) is 0 Å². The second-order valence-corrected chi connectivity index (χ2v) is 5.14. The molecule has 2 heterocycles. The fourth-order valence-corrected chi connectivity index (χ4v) is 2.52. The van der Waals surface area contributed by atoms with E-state index >= 15 is 0 Å². The third-order valence-electron chi connectivity index (χ3n) is 3.80. The molecule has 0 bridgehead atoms. The maximum atomic E-state index is 11.3. The average Bonchev–Trinajstić information content (AvgIpc) is 3.14. The number of fused-ring (bicyclic) bond motifs is 1. The Balaban J connectivity index is 1.82. The number of nitrogens with zero attached hydrogens (tertiary/aromatic N) is 2. The molecular formula is C15H12N2O3. The minimum absolute atomic E-state index is 0.0138. The number of aromatic nitrogens is 2. The molecule has 5 nitrogen and oxygen atoms in total. The quantitative estimate of drug-likeness (QED) is 0.856. The van der Waals surface area contributed by atoms with Gasteiger partial charge in [0.2, 0.25) is 0 Å².